The van der Waals surface area contributed by atoms with Crippen LogP contribution < -0.4 is 10.2 Å². The van der Waals surface area contributed by atoms with E-state index < -0.39 is 0 Å². The zero-order valence-electron chi connectivity index (χ0n) is 8.08. The molecule has 0 atom stereocenters. The van der Waals surface area contributed by atoms with Gasteiger partial charge in [0.2, 0.25) is 5.43 Å². The van der Waals surface area contributed by atoms with Gasteiger partial charge in [-0.05, 0) is 35.0 Å². The molecule has 5 heteroatoms. The minimum absolute atomic E-state index is 0.134. The topological polar surface area (TPSA) is 55.0 Å². The summed E-state index contributed by atoms with van der Waals surface area (Å²) in [4.78, 5) is 11.7. The van der Waals surface area contributed by atoms with E-state index in [1.807, 2.05) is 6.92 Å². The Balaban J connectivity index is 2.77. The van der Waals surface area contributed by atoms with Crippen LogP contribution in [0.25, 0.3) is 10.9 Å². The molecule has 0 saturated heterocycles. The number of rotatable bonds is 2. The minimum atomic E-state index is -0.134. The van der Waals surface area contributed by atoms with Gasteiger partial charge in [-0.3, -0.25) is 9.89 Å². The third kappa shape index (κ3) is 1.74. The summed E-state index contributed by atoms with van der Waals surface area (Å²) < 4.78 is 5.67. The maximum absolute atomic E-state index is 11.7. The Hall–Kier alpha value is -1.36. The van der Waals surface area contributed by atoms with E-state index in [4.69, 9.17) is 4.74 Å². The number of nitrogens with one attached hydrogen (secondary N) is 1. The number of ether oxygens (including phenoxy) is 1. The number of hydrogen-bond donors (Lipinski definition) is 1. The second kappa shape index (κ2) is 4.02. The number of para-hydroxylation sites is 1. The number of aromatic nitrogens is 2. The lowest BCUT2D eigenvalue weighted by Gasteiger charge is -2.05. The first-order valence-corrected chi connectivity index (χ1v) is 5.33. The van der Waals surface area contributed by atoms with Gasteiger partial charge >= 0.3 is 0 Å². The highest BCUT2D eigenvalue weighted by atomic mass is 79.9. The molecule has 1 heterocycles. The van der Waals surface area contributed by atoms with Crippen molar-refractivity contribution in [2.75, 3.05) is 6.61 Å². The van der Waals surface area contributed by atoms with Crippen LogP contribution in [0.1, 0.15) is 6.92 Å². The highest BCUT2D eigenvalue weighted by Crippen LogP contribution is 2.21. The van der Waals surface area contributed by atoms with Crippen LogP contribution in [0.4, 0.5) is 0 Å². The van der Waals surface area contributed by atoms with Crippen LogP contribution in [-0.4, -0.2) is 16.8 Å². The number of fused-ring (bicyclic) bond motifs is 1. The summed E-state index contributed by atoms with van der Waals surface area (Å²) in [5.74, 6) is 0.645. The largest absolute Gasteiger partial charge is 0.492 e. The lowest BCUT2D eigenvalue weighted by molar-refractivity contribution is 0.343. The number of hydrogen-bond acceptors (Lipinski definition) is 3. The summed E-state index contributed by atoms with van der Waals surface area (Å²) in [6.45, 7) is 2.44. The van der Waals surface area contributed by atoms with Gasteiger partial charge in [0, 0.05) is 0 Å². The summed E-state index contributed by atoms with van der Waals surface area (Å²) in [7, 11) is 0. The molecule has 1 N–H and O–H groups in total. The molecule has 4 nitrogen and oxygen atoms in total. The third-order valence-electron chi connectivity index (χ3n) is 2.02. The molecule has 1 aromatic heterocycles. The molecular weight excluding hydrogens is 260 g/mol. The van der Waals surface area contributed by atoms with Gasteiger partial charge in [-0.25, -0.2) is 0 Å². The molecule has 0 bridgehead atoms. The Kier molecular flexibility index (Phi) is 2.73. The second-order valence-electron chi connectivity index (χ2n) is 2.96. The molecule has 0 radical (unpaired) electrons. The summed E-state index contributed by atoms with van der Waals surface area (Å²) in [6, 6.07) is 5.33. The molecule has 2 aromatic rings. The predicted octanol–water partition coefficient (Wildman–Crippen LogP) is 2.08. The molecule has 15 heavy (non-hydrogen) atoms. The monoisotopic (exact) mass is 268 g/mol. The molecular formula is C10H9BrN2O2. The average molecular weight is 269 g/mol. The van der Waals surface area contributed by atoms with Crippen LogP contribution in [0.15, 0.2) is 27.6 Å². The van der Waals surface area contributed by atoms with Gasteiger partial charge < -0.3 is 4.74 Å². The van der Waals surface area contributed by atoms with Crippen molar-refractivity contribution in [1.82, 2.24) is 10.2 Å². The van der Waals surface area contributed by atoms with E-state index in [9.17, 15) is 4.79 Å². The van der Waals surface area contributed by atoms with Gasteiger partial charge in [0.15, 0.2) is 4.60 Å². The number of halogens is 1. The molecule has 78 valence electrons. The normalized spacial score (nSPS) is 10.5. The number of H-pyrrole nitrogens is 1. The molecule has 0 aliphatic carbocycles. The highest BCUT2D eigenvalue weighted by Gasteiger charge is 2.07. The molecule has 0 aliphatic heterocycles. The van der Waals surface area contributed by atoms with Crippen molar-refractivity contribution in [3.63, 3.8) is 0 Å². The number of benzene rings is 1. The highest BCUT2D eigenvalue weighted by molar-refractivity contribution is 9.10. The lowest BCUT2D eigenvalue weighted by atomic mass is 10.2. The summed E-state index contributed by atoms with van der Waals surface area (Å²) in [6.07, 6.45) is 0. The van der Waals surface area contributed by atoms with Crippen molar-refractivity contribution >= 4 is 26.8 Å². The first-order valence-electron chi connectivity index (χ1n) is 4.53. The first kappa shape index (κ1) is 10.2. The van der Waals surface area contributed by atoms with Crippen molar-refractivity contribution in [3.8, 4) is 5.75 Å². The van der Waals surface area contributed by atoms with Gasteiger partial charge in [-0.2, -0.15) is 5.10 Å². The van der Waals surface area contributed by atoms with Crippen LogP contribution in [0.3, 0.4) is 0 Å². The van der Waals surface area contributed by atoms with Gasteiger partial charge in [0.25, 0.3) is 0 Å². The zero-order valence-corrected chi connectivity index (χ0v) is 9.67. The average Bonchev–Trinajstić information content (AvgIpc) is 2.25. The van der Waals surface area contributed by atoms with Crippen LogP contribution in [0.5, 0.6) is 5.75 Å². The molecule has 0 fully saturated rings. The van der Waals surface area contributed by atoms with E-state index in [1.54, 1.807) is 18.2 Å². The lowest BCUT2D eigenvalue weighted by Crippen LogP contribution is -2.07. The van der Waals surface area contributed by atoms with Gasteiger partial charge in [-0.15, -0.1) is 0 Å². The molecule has 0 aliphatic rings. The molecule has 1 aromatic carbocycles. The number of nitrogens with zero attached hydrogens (tertiary/aromatic N) is 1. The molecule has 2 rings (SSSR count). The van der Waals surface area contributed by atoms with E-state index in [0.717, 1.165) is 0 Å². The zero-order chi connectivity index (χ0) is 10.8. The first-order chi connectivity index (χ1) is 7.24. The fourth-order valence-corrected chi connectivity index (χ4v) is 1.68. The van der Waals surface area contributed by atoms with Crippen molar-refractivity contribution in [3.05, 3.63) is 33.0 Å². The van der Waals surface area contributed by atoms with E-state index in [1.165, 1.54) is 0 Å². The third-order valence-corrected chi connectivity index (χ3v) is 2.56. The van der Waals surface area contributed by atoms with Crippen molar-refractivity contribution in [2.24, 2.45) is 0 Å². The van der Waals surface area contributed by atoms with E-state index in [0.29, 0.717) is 23.3 Å². The molecule has 0 unspecified atom stereocenters. The summed E-state index contributed by atoms with van der Waals surface area (Å²) >= 11 is 3.08. The quantitative estimate of drug-likeness (QED) is 0.908. The Morgan fingerprint density at radius 1 is 1.53 bits per heavy atom. The van der Waals surface area contributed by atoms with Gasteiger partial charge in [-0.1, -0.05) is 6.07 Å². The van der Waals surface area contributed by atoms with Crippen LogP contribution in [0.2, 0.25) is 0 Å². The van der Waals surface area contributed by atoms with Crippen LogP contribution in [-0.2, 0) is 0 Å². The smallest absolute Gasteiger partial charge is 0.222 e. The van der Waals surface area contributed by atoms with E-state index in [-0.39, 0.29) is 10.0 Å². The summed E-state index contributed by atoms with van der Waals surface area (Å²) in [5.41, 5.74) is 0.498. The molecule has 0 amide bonds. The summed E-state index contributed by atoms with van der Waals surface area (Å²) in [5, 5.41) is 7.21. The fourth-order valence-electron chi connectivity index (χ4n) is 1.38. The van der Waals surface area contributed by atoms with Crippen molar-refractivity contribution in [1.29, 1.82) is 0 Å². The predicted molar refractivity (Wildman–Crippen MR) is 61.2 cm³/mol. The van der Waals surface area contributed by atoms with Crippen molar-refractivity contribution < 1.29 is 4.74 Å². The minimum Gasteiger partial charge on any atom is -0.492 e. The van der Waals surface area contributed by atoms with Gasteiger partial charge in [0.05, 0.1) is 12.0 Å². The molecule has 0 spiro atoms. The Morgan fingerprint density at radius 2 is 2.33 bits per heavy atom. The van der Waals surface area contributed by atoms with Crippen LogP contribution in [0, 0.1) is 0 Å². The Bertz CT molecular complexity index is 551. The Labute approximate surface area is 94.4 Å². The maximum Gasteiger partial charge on any atom is 0.222 e. The van der Waals surface area contributed by atoms with E-state index >= 15 is 0 Å². The SMILES string of the molecule is CCOc1cccc2c(=O)c(Br)n[nH]c12. The second-order valence-corrected chi connectivity index (χ2v) is 3.71. The Morgan fingerprint density at radius 3 is 3.07 bits per heavy atom. The standard InChI is InChI=1S/C10H9BrN2O2/c1-2-15-7-5-3-4-6-8(7)12-13-10(11)9(6)14/h3-5H,2H2,1H3,(H,12,14). The van der Waals surface area contributed by atoms with Crippen LogP contribution >= 0.6 is 15.9 Å². The van der Waals surface area contributed by atoms with Crippen molar-refractivity contribution in [2.45, 2.75) is 6.92 Å². The fraction of sp³-hybridized carbons (Fsp3) is 0.200. The van der Waals surface area contributed by atoms with E-state index in [2.05, 4.69) is 26.1 Å². The maximum atomic E-state index is 11.7. The molecule has 0 saturated carbocycles. The van der Waals surface area contributed by atoms with Gasteiger partial charge in [0.1, 0.15) is 11.3 Å². The number of aromatic amines is 1.